The Hall–Kier alpha value is -0.180. The maximum atomic E-state index is 11.0. The first-order valence-electron chi connectivity index (χ1n) is 3.73. The number of hydrogen-bond donors (Lipinski definition) is 0. The molecule has 0 spiro atoms. The molecule has 0 radical (unpaired) electrons. The number of rotatable bonds is 1. The first kappa shape index (κ1) is 6.53. The molecule has 0 saturated carbocycles. The summed E-state index contributed by atoms with van der Waals surface area (Å²) in [4.78, 5) is 13.3. The summed E-state index contributed by atoms with van der Waals surface area (Å²) in [6.07, 6.45) is 1.90. The minimum Gasteiger partial charge on any atom is -0.327 e. The molecule has 1 amide bonds. The third-order valence-electron chi connectivity index (χ3n) is 2.46. The van der Waals surface area contributed by atoms with Crippen molar-refractivity contribution in [2.24, 2.45) is 0 Å². The van der Waals surface area contributed by atoms with E-state index in [2.05, 4.69) is 6.92 Å². The zero-order valence-electron chi connectivity index (χ0n) is 6.09. The first-order valence-corrected chi connectivity index (χ1v) is 4.71. The SMILES string of the molecule is CCC12CC(=O)N1CCS2. The second kappa shape index (κ2) is 1.91. The Kier molecular flexibility index (Phi) is 1.24. The van der Waals surface area contributed by atoms with Crippen LogP contribution in [0.3, 0.4) is 0 Å². The number of carbonyl (C=O) groups excluding carboxylic acids is 1. The number of nitrogens with zero attached hydrogens (tertiary/aromatic N) is 1. The molecule has 2 nitrogen and oxygen atoms in total. The summed E-state index contributed by atoms with van der Waals surface area (Å²) in [6, 6.07) is 0. The van der Waals surface area contributed by atoms with Crippen LogP contribution in [0.4, 0.5) is 0 Å². The van der Waals surface area contributed by atoms with E-state index in [1.165, 1.54) is 0 Å². The standard InChI is InChI=1S/C7H11NOS/c1-2-7-5-6(9)8(7)3-4-10-7/h2-5H2,1H3. The van der Waals surface area contributed by atoms with Gasteiger partial charge in [-0.25, -0.2) is 0 Å². The van der Waals surface area contributed by atoms with Crippen molar-refractivity contribution in [1.82, 2.24) is 4.90 Å². The maximum Gasteiger partial charge on any atom is 0.226 e. The van der Waals surface area contributed by atoms with Crippen LogP contribution < -0.4 is 0 Å². The van der Waals surface area contributed by atoms with Crippen molar-refractivity contribution in [2.75, 3.05) is 12.3 Å². The third kappa shape index (κ3) is 0.590. The van der Waals surface area contributed by atoms with Crippen molar-refractivity contribution >= 4 is 17.7 Å². The fourth-order valence-electron chi connectivity index (χ4n) is 1.77. The quantitative estimate of drug-likeness (QED) is 0.531. The Morgan fingerprint density at radius 1 is 1.80 bits per heavy atom. The summed E-state index contributed by atoms with van der Waals surface area (Å²) in [5.74, 6) is 1.49. The van der Waals surface area contributed by atoms with E-state index in [9.17, 15) is 4.79 Å². The van der Waals surface area contributed by atoms with E-state index in [4.69, 9.17) is 0 Å². The topological polar surface area (TPSA) is 20.3 Å². The average molecular weight is 157 g/mol. The van der Waals surface area contributed by atoms with Crippen LogP contribution in [0.25, 0.3) is 0 Å². The molecular weight excluding hydrogens is 146 g/mol. The van der Waals surface area contributed by atoms with Gasteiger partial charge < -0.3 is 4.90 Å². The highest BCUT2D eigenvalue weighted by atomic mass is 32.2. The lowest BCUT2D eigenvalue weighted by molar-refractivity contribution is -0.147. The molecule has 56 valence electrons. The van der Waals surface area contributed by atoms with E-state index >= 15 is 0 Å². The number of amides is 1. The Morgan fingerprint density at radius 2 is 2.60 bits per heavy atom. The van der Waals surface area contributed by atoms with Crippen LogP contribution in [-0.4, -0.2) is 28.0 Å². The number of carbonyl (C=O) groups is 1. The summed E-state index contributed by atoms with van der Waals surface area (Å²) in [7, 11) is 0. The van der Waals surface area contributed by atoms with E-state index < -0.39 is 0 Å². The highest BCUT2D eigenvalue weighted by molar-refractivity contribution is 8.01. The van der Waals surface area contributed by atoms with E-state index in [0.29, 0.717) is 5.91 Å². The second-order valence-electron chi connectivity index (χ2n) is 2.87. The van der Waals surface area contributed by atoms with Gasteiger partial charge in [0, 0.05) is 12.3 Å². The molecule has 1 unspecified atom stereocenters. The van der Waals surface area contributed by atoms with Gasteiger partial charge in [0.25, 0.3) is 0 Å². The highest BCUT2D eigenvalue weighted by Gasteiger charge is 2.52. The summed E-state index contributed by atoms with van der Waals surface area (Å²) in [5, 5.41) is 0. The second-order valence-corrected chi connectivity index (χ2v) is 4.33. The molecule has 0 bridgehead atoms. The lowest BCUT2D eigenvalue weighted by Crippen LogP contribution is -2.57. The van der Waals surface area contributed by atoms with Crippen LogP contribution in [0, 0.1) is 0 Å². The van der Waals surface area contributed by atoms with Crippen LogP contribution in [0.15, 0.2) is 0 Å². The zero-order valence-corrected chi connectivity index (χ0v) is 6.91. The van der Waals surface area contributed by atoms with Crippen molar-refractivity contribution in [2.45, 2.75) is 24.6 Å². The smallest absolute Gasteiger partial charge is 0.226 e. The summed E-state index contributed by atoms with van der Waals surface area (Å²) >= 11 is 1.95. The highest BCUT2D eigenvalue weighted by Crippen LogP contribution is 2.48. The molecule has 0 aliphatic carbocycles. The molecule has 2 heterocycles. The van der Waals surface area contributed by atoms with Gasteiger partial charge in [0.2, 0.25) is 5.91 Å². The van der Waals surface area contributed by atoms with Crippen molar-refractivity contribution in [3.8, 4) is 0 Å². The normalized spacial score (nSPS) is 37.7. The first-order chi connectivity index (χ1) is 4.78. The minimum absolute atomic E-state index is 0.247. The van der Waals surface area contributed by atoms with Crippen molar-refractivity contribution in [3.63, 3.8) is 0 Å². The van der Waals surface area contributed by atoms with E-state index in [-0.39, 0.29) is 4.87 Å². The van der Waals surface area contributed by atoms with Crippen molar-refractivity contribution in [1.29, 1.82) is 0 Å². The average Bonchev–Trinajstić information content (AvgIpc) is 2.26. The van der Waals surface area contributed by atoms with Crippen LogP contribution in [0.1, 0.15) is 19.8 Å². The molecule has 2 aliphatic rings. The lowest BCUT2D eigenvalue weighted by atomic mass is 9.99. The predicted molar refractivity (Wildman–Crippen MR) is 41.8 cm³/mol. The molecule has 2 saturated heterocycles. The van der Waals surface area contributed by atoms with Gasteiger partial charge in [-0.1, -0.05) is 6.92 Å². The zero-order chi connectivity index (χ0) is 7.19. The molecule has 0 aromatic rings. The number of β-lactam (4-membered cyclic amide) rings is 1. The Bertz CT molecular complexity index is 182. The van der Waals surface area contributed by atoms with E-state index in [0.717, 1.165) is 25.1 Å². The largest absolute Gasteiger partial charge is 0.327 e. The fourth-order valence-corrected chi connectivity index (χ4v) is 3.20. The van der Waals surface area contributed by atoms with Gasteiger partial charge >= 0.3 is 0 Å². The van der Waals surface area contributed by atoms with E-state index in [1.54, 1.807) is 0 Å². The maximum absolute atomic E-state index is 11.0. The van der Waals surface area contributed by atoms with Gasteiger partial charge in [-0.3, -0.25) is 4.79 Å². The van der Waals surface area contributed by atoms with Crippen LogP contribution >= 0.6 is 11.8 Å². The van der Waals surface area contributed by atoms with Crippen LogP contribution in [-0.2, 0) is 4.79 Å². The Labute approximate surface area is 65.0 Å². The van der Waals surface area contributed by atoms with Gasteiger partial charge in [-0.2, -0.15) is 0 Å². The minimum atomic E-state index is 0.247. The molecule has 3 heteroatoms. The number of fused-ring (bicyclic) bond motifs is 1. The van der Waals surface area contributed by atoms with Crippen molar-refractivity contribution in [3.05, 3.63) is 0 Å². The number of hydrogen-bond acceptors (Lipinski definition) is 2. The van der Waals surface area contributed by atoms with Gasteiger partial charge in [-0.05, 0) is 6.42 Å². The monoisotopic (exact) mass is 157 g/mol. The lowest BCUT2D eigenvalue weighted by Gasteiger charge is -2.45. The molecule has 2 rings (SSSR count). The Morgan fingerprint density at radius 3 is 3.10 bits per heavy atom. The predicted octanol–water partition coefficient (Wildman–Crippen LogP) is 1.07. The summed E-state index contributed by atoms with van der Waals surface area (Å²) in [6.45, 7) is 3.15. The molecule has 10 heavy (non-hydrogen) atoms. The van der Waals surface area contributed by atoms with Crippen LogP contribution in [0.2, 0.25) is 0 Å². The third-order valence-corrected chi connectivity index (χ3v) is 4.04. The van der Waals surface area contributed by atoms with E-state index in [1.807, 2.05) is 16.7 Å². The molecule has 2 fully saturated rings. The molecule has 1 atom stereocenters. The van der Waals surface area contributed by atoms with Gasteiger partial charge in [-0.15, -0.1) is 11.8 Å². The Balaban J connectivity index is 2.18. The summed E-state index contributed by atoms with van der Waals surface area (Å²) in [5.41, 5.74) is 0. The molecule has 0 aromatic heterocycles. The van der Waals surface area contributed by atoms with Gasteiger partial charge in [0.05, 0.1) is 11.3 Å². The van der Waals surface area contributed by atoms with Crippen molar-refractivity contribution < 1.29 is 4.79 Å². The number of thioether (sulfide) groups is 1. The molecule has 0 aromatic carbocycles. The molecule has 2 aliphatic heterocycles. The fraction of sp³-hybridized carbons (Fsp3) is 0.857. The molecule has 0 N–H and O–H groups in total. The van der Waals surface area contributed by atoms with Gasteiger partial charge in [0.1, 0.15) is 0 Å². The van der Waals surface area contributed by atoms with Crippen LogP contribution in [0.5, 0.6) is 0 Å². The van der Waals surface area contributed by atoms with Gasteiger partial charge in [0.15, 0.2) is 0 Å². The summed E-state index contributed by atoms with van der Waals surface area (Å²) < 4.78 is 0. The molecular formula is C7H11NOS.